The van der Waals surface area contributed by atoms with Gasteiger partial charge in [0.05, 0.1) is 12.6 Å². The third-order valence-corrected chi connectivity index (χ3v) is 3.48. The van der Waals surface area contributed by atoms with Crippen LogP contribution < -0.4 is 5.32 Å². The van der Waals surface area contributed by atoms with Gasteiger partial charge in [0.15, 0.2) is 5.96 Å². The summed E-state index contributed by atoms with van der Waals surface area (Å²) < 4.78 is 0. The molecule has 4 heteroatoms. The van der Waals surface area contributed by atoms with E-state index in [1.54, 1.807) is 12.4 Å². The lowest BCUT2D eigenvalue weighted by Crippen LogP contribution is -2.26. The maximum atomic E-state index is 4.65. The zero-order chi connectivity index (χ0) is 13.8. The van der Waals surface area contributed by atoms with Gasteiger partial charge in [-0.25, -0.2) is 4.99 Å². The molecule has 102 valence electrons. The molecule has 2 aromatic rings. The molecule has 2 heterocycles. The summed E-state index contributed by atoms with van der Waals surface area (Å²) in [6, 6.07) is 14.8. The SMILES string of the molecule is CN1C[C@@H](c2ccccc2)NC1=NCc1ccncc1. The van der Waals surface area contributed by atoms with Crippen molar-refractivity contribution in [3.05, 3.63) is 66.0 Å². The van der Waals surface area contributed by atoms with E-state index in [1.165, 1.54) is 11.1 Å². The lowest BCUT2D eigenvalue weighted by atomic mass is 10.1. The standard InChI is InChI=1S/C16H18N4/c1-20-12-15(14-5-3-2-4-6-14)19-16(20)18-11-13-7-9-17-10-8-13/h2-10,15H,11-12H2,1H3,(H,18,19)/t15-/m0/s1. The number of aromatic nitrogens is 1. The fraction of sp³-hybridized carbons (Fsp3) is 0.250. The van der Waals surface area contributed by atoms with Gasteiger partial charge in [-0.3, -0.25) is 4.98 Å². The zero-order valence-corrected chi connectivity index (χ0v) is 11.5. The van der Waals surface area contributed by atoms with Gasteiger partial charge in [-0.2, -0.15) is 0 Å². The molecule has 1 aliphatic heterocycles. The van der Waals surface area contributed by atoms with Crippen LogP contribution in [0.15, 0.2) is 59.9 Å². The molecule has 0 aliphatic carbocycles. The highest BCUT2D eigenvalue weighted by Gasteiger charge is 2.24. The first-order chi connectivity index (χ1) is 9.83. The van der Waals surface area contributed by atoms with Crippen LogP contribution in [-0.4, -0.2) is 29.4 Å². The molecule has 1 N–H and O–H groups in total. The van der Waals surface area contributed by atoms with Gasteiger partial charge < -0.3 is 10.2 Å². The van der Waals surface area contributed by atoms with Crippen LogP contribution in [0.5, 0.6) is 0 Å². The Hall–Kier alpha value is -2.36. The van der Waals surface area contributed by atoms with E-state index < -0.39 is 0 Å². The Balaban J connectivity index is 1.69. The van der Waals surface area contributed by atoms with Gasteiger partial charge in [-0.1, -0.05) is 30.3 Å². The largest absolute Gasteiger partial charge is 0.348 e. The fourth-order valence-electron chi connectivity index (χ4n) is 2.37. The molecule has 0 unspecified atom stereocenters. The third-order valence-electron chi connectivity index (χ3n) is 3.48. The first kappa shape index (κ1) is 12.7. The number of nitrogens with zero attached hydrogens (tertiary/aromatic N) is 3. The van der Waals surface area contributed by atoms with Crippen LogP contribution in [0.4, 0.5) is 0 Å². The summed E-state index contributed by atoms with van der Waals surface area (Å²) in [5, 5.41) is 3.49. The topological polar surface area (TPSA) is 40.5 Å². The lowest BCUT2D eigenvalue weighted by molar-refractivity contribution is 0.514. The summed E-state index contributed by atoms with van der Waals surface area (Å²) in [4.78, 5) is 10.8. The van der Waals surface area contributed by atoms with E-state index in [0.29, 0.717) is 12.6 Å². The minimum Gasteiger partial charge on any atom is -0.348 e. The van der Waals surface area contributed by atoms with Gasteiger partial charge in [0.2, 0.25) is 0 Å². The zero-order valence-electron chi connectivity index (χ0n) is 11.5. The molecular formula is C16H18N4. The van der Waals surface area contributed by atoms with Crippen LogP contribution in [0.1, 0.15) is 17.2 Å². The molecule has 1 aromatic carbocycles. The van der Waals surface area contributed by atoms with Crippen molar-refractivity contribution in [1.82, 2.24) is 15.2 Å². The van der Waals surface area contributed by atoms with Crippen molar-refractivity contribution in [2.24, 2.45) is 4.99 Å². The second kappa shape index (κ2) is 5.74. The number of hydrogen-bond acceptors (Lipinski definition) is 2. The summed E-state index contributed by atoms with van der Waals surface area (Å²) >= 11 is 0. The Morgan fingerprint density at radius 1 is 1.20 bits per heavy atom. The normalized spacial score (nSPS) is 20.1. The minimum atomic E-state index is 0.317. The highest BCUT2D eigenvalue weighted by Crippen LogP contribution is 2.19. The Morgan fingerprint density at radius 2 is 1.95 bits per heavy atom. The number of rotatable bonds is 3. The van der Waals surface area contributed by atoms with Crippen molar-refractivity contribution in [2.75, 3.05) is 13.6 Å². The Kier molecular flexibility index (Phi) is 3.63. The lowest BCUT2D eigenvalue weighted by Gasteiger charge is -2.09. The van der Waals surface area contributed by atoms with Crippen LogP contribution in [-0.2, 0) is 6.54 Å². The highest BCUT2D eigenvalue weighted by atomic mass is 15.3. The van der Waals surface area contributed by atoms with E-state index in [9.17, 15) is 0 Å². The Bertz CT molecular complexity index is 580. The summed E-state index contributed by atoms with van der Waals surface area (Å²) in [6.07, 6.45) is 3.60. The number of nitrogens with one attached hydrogen (secondary N) is 1. The average molecular weight is 266 g/mol. The summed E-state index contributed by atoms with van der Waals surface area (Å²) in [5.41, 5.74) is 2.47. The summed E-state index contributed by atoms with van der Waals surface area (Å²) in [7, 11) is 2.07. The number of pyridine rings is 1. The summed E-state index contributed by atoms with van der Waals surface area (Å²) in [5.74, 6) is 0.954. The second-order valence-electron chi connectivity index (χ2n) is 4.98. The number of guanidine groups is 1. The van der Waals surface area contributed by atoms with Crippen LogP contribution in [0, 0.1) is 0 Å². The van der Waals surface area contributed by atoms with E-state index in [-0.39, 0.29) is 0 Å². The highest BCUT2D eigenvalue weighted by molar-refractivity contribution is 5.82. The molecule has 3 rings (SSSR count). The van der Waals surface area contributed by atoms with Crippen molar-refractivity contribution < 1.29 is 0 Å². The monoisotopic (exact) mass is 266 g/mol. The summed E-state index contributed by atoms with van der Waals surface area (Å²) in [6.45, 7) is 1.62. The second-order valence-corrected chi connectivity index (χ2v) is 4.98. The van der Waals surface area contributed by atoms with Crippen molar-refractivity contribution in [1.29, 1.82) is 0 Å². The molecule has 0 saturated carbocycles. The molecule has 0 amide bonds. The predicted octanol–water partition coefficient (Wildman–Crippen LogP) is 2.21. The van der Waals surface area contributed by atoms with Gasteiger partial charge >= 0.3 is 0 Å². The number of hydrogen-bond donors (Lipinski definition) is 1. The molecule has 1 atom stereocenters. The van der Waals surface area contributed by atoms with Gasteiger partial charge in [-0.05, 0) is 23.3 Å². The third kappa shape index (κ3) is 2.79. The number of likely N-dealkylation sites (N-methyl/N-ethyl adjacent to an activating group) is 1. The molecule has 4 nitrogen and oxygen atoms in total. The van der Waals surface area contributed by atoms with Crippen molar-refractivity contribution in [2.45, 2.75) is 12.6 Å². The number of aliphatic imine (C=N–C) groups is 1. The van der Waals surface area contributed by atoms with Gasteiger partial charge in [0.1, 0.15) is 0 Å². The average Bonchev–Trinajstić information content (AvgIpc) is 2.88. The molecule has 1 fully saturated rings. The van der Waals surface area contributed by atoms with Crippen LogP contribution >= 0.6 is 0 Å². The van der Waals surface area contributed by atoms with E-state index in [0.717, 1.165) is 12.5 Å². The quantitative estimate of drug-likeness (QED) is 0.926. The number of benzene rings is 1. The van der Waals surface area contributed by atoms with Gasteiger partial charge in [0, 0.05) is 26.0 Å². The van der Waals surface area contributed by atoms with E-state index in [2.05, 4.69) is 51.5 Å². The van der Waals surface area contributed by atoms with Crippen LogP contribution in [0.2, 0.25) is 0 Å². The van der Waals surface area contributed by atoms with E-state index in [1.807, 2.05) is 18.2 Å². The maximum absolute atomic E-state index is 4.65. The Labute approximate surface area is 119 Å². The van der Waals surface area contributed by atoms with E-state index >= 15 is 0 Å². The minimum absolute atomic E-state index is 0.317. The van der Waals surface area contributed by atoms with E-state index in [4.69, 9.17) is 0 Å². The molecule has 1 aromatic heterocycles. The molecule has 1 aliphatic rings. The molecule has 1 saturated heterocycles. The van der Waals surface area contributed by atoms with Crippen molar-refractivity contribution >= 4 is 5.96 Å². The molecular weight excluding hydrogens is 248 g/mol. The van der Waals surface area contributed by atoms with Crippen LogP contribution in [0.3, 0.4) is 0 Å². The molecule has 20 heavy (non-hydrogen) atoms. The molecule has 0 radical (unpaired) electrons. The Morgan fingerprint density at radius 3 is 2.70 bits per heavy atom. The maximum Gasteiger partial charge on any atom is 0.194 e. The van der Waals surface area contributed by atoms with Crippen molar-refractivity contribution in [3.63, 3.8) is 0 Å². The fourth-order valence-corrected chi connectivity index (χ4v) is 2.37. The first-order valence-corrected chi connectivity index (χ1v) is 6.79. The molecule has 0 spiro atoms. The van der Waals surface area contributed by atoms with Gasteiger partial charge in [0.25, 0.3) is 0 Å². The van der Waals surface area contributed by atoms with Crippen molar-refractivity contribution in [3.8, 4) is 0 Å². The smallest absolute Gasteiger partial charge is 0.194 e. The van der Waals surface area contributed by atoms with Gasteiger partial charge in [-0.15, -0.1) is 0 Å². The predicted molar refractivity (Wildman–Crippen MR) is 80.3 cm³/mol. The van der Waals surface area contributed by atoms with Crippen LogP contribution in [0.25, 0.3) is 0 Å². The first-order valence-electron chi connectivity index (χ1n) is 6.79. The molecule has 0 bridgehead atoms.